The average molecular weight is 369 g/mol. The maximum absolute atomic E-state index is 5.40. The summed E-state index contributed by atoms with van der Waals surface area (Å²) < 4.78 is 0. The number of hydrogen-bond acceptors (Lipinski definition) is 3. The topological polar surface area (TPSA) is 30.5 Å². The minimum Gasteiger partial charge on any atom is -0.369 e. The van der Waals surface area contributed by atoms with Gasteiger partial charge in [-0.2, -0.15) is 0 Å². The van der Waals surface area contributed by atoms with Gasteiger partial charge >= 0.3 is 0 Å². The van der Waals surface area contributed by atoms with Gasteiger partial charge in [-0.25, -0.2) is 0 Å². The largest absolute Gasteiger partial charge is 0.369 e. The molecule has 0 aliphatic carbocycles. The fourth-order valence-corrected chi connectivity index (χ4v) is 3.26. The van der Waals surface area contributed by atoms with Crippen LogP contribution in [0.3, 0.4) is 0 Å². The normalized spacial score (nSPS) is 14.9. The molecule has 138 valence electrons. The fraction of sp³-hybridized carbons (Fsp3) is 0.381. The van der Waals surface area contributed by atoms with Crippen molar-refractivity contribution in [2.24, 2.45) is 0 Å². The lowest BCUT2D eigenvalue weighted by molar-refractivity contribution is 0.313. The minimum atomic E-state index is 0.650. The molecule has 1 aliphatic rings. The summed E-state index contributed by atoms with van der Waals surface area (Å²) in [7, 11) is 2.18. The van der Waals surface area contributed by atoms with Gasteiger partial charge in [-0.05, 0) is 61.1 Å². The molecule has 0 atom stereocenters. The van der Waals surface area contributed by atoms with E-state index in [9.17, 15) is 0 Å². The number of benzene rings is 2. The second kappa shape index (κ2) is 9.01. The van der Waals surface area contributed by atoms with Crippen molar-refractivity contribution in [3.05, 3.63) is 59.7 Å². The Balaban J connectivity index is 1.47. The number of hydrogen-bond donors (Lipinski definition) is 2. The van der Waals surface area contributed by atoms with Gasteiger partial charge in [-0.3, -0.25) is 0 Å². The second-order valence-electron chi connectivity index (χ2n) is 6.81. The van der Waals surface area contributed by atoms with Crippen LogP contribution in [-0.2, 0) is 13.0 Å². The van der Waals surface area contributed by atoms with Gasteiger partial charge in [0.05, 0.1) is 0 Å². The SMILES string of the molecule is CCc1ccc(NC(=S)NCc2ccc(N3CCN(C)CC3)cc2)cc1. The van der Waals surface area contributed by atoms with Crippen molar-refractivity contribution >= 4 is 28.7 Å². The van der Waals surface area contributed by atoms with Crippen LogP contribution in [-0.4, -0.2) is 43.2 Å². The van der Waals surface area contributed by atoms with Crippen LogP contribution in [0.4, 0.5) is 11.4 Å². The van der Waals surface area contributed by atoms with E-state index >= 15 is 0 Å². The van der Waals surface area contributed by atoms with Crippen LogP contribution in [0, 0.1) is 0 Å². The number of nitrogens with zero attached hydrogens (tertiary/aromatic N) is 2. The first-order chi connectivity index (χ1) is 12.6. The molecule has 0 bridgehead atoms. The van der Waals surface area contributed by atoms with Gasteiger partial charge in [0.1, 0.15) is 0 Å². The molecule has 3 rings (SSSR count). The molecule has 1 aliphatic heterocycles. The third-order valence-corrected chi connectivity index (χ3v) is 5.12. The summed E-state index contributed by atoms with van der Waals surface area (Å²) in [5.41, 5.74) is 4.88. The number of anilines is 2. The standard InChI is InChI=1S/C21H28N4S/c1-3-17-4-8-19(9-5-17)23-21(26)22-16-18-6-10-20(11-7-18)25-14-12-24(2)13-15-25/h4-11H,3,12-16H2,1-2H3,(H2,22,23,26). The van der Waals surface area contributed by atoms with Crippen molar-refractivity contribution in [3.8, 4) is 0 Å². The van der Waals surface area contributed by atoms with E-state index in [4.69, 9.17) is 12.2 Å². The van der Waals surface area contributed by atoms with Gasteiger partial charge in [-0.1, -0.05) is 31.2 Å². The Labute approximate surface area is 162 Å². The first-order valence-electron chi connectivity index (χ1n) is 9.30. The van der Waals surface area contributed by atoms with Gasteiger partial charge in [0.2, 0.25) is 0 Å². The Hall–Kier alpha value is -2.11. The highest BCUT2D eigenvalue weighted by Gasteiger charge is 2.13. The van der Waals surface area contributed by atoms with Crippen LogP contribution in [0.2, 0.25) is 0 Å². The summed E-state index contributed by atoms with van der Waals surface area (Å²) >= 11 is 5.40. The van der Waals surface area contributed by atoms with Crippen LogP contribution in [0.5, 0.6) is 0 Å². The van der Waals surface area contributed by atoms with E-state index in [1.807, 2.05) is 0 Å². The number of rotatable bonds is 5. The Kier molecular flexibility index (Phi) is 6.47. The highest BCUT2D eigenvalue weighted by Crippen LogP contribution is 2.17. The second-order valence-corrected chi connectivity index (χ2v) is 7.22. The molecule has 0 aromatic heterocycles. The Morgan fingerprint density at radius 3 is 2.15 bits per heavy atom. The maximum Gasteiger partial charge on any atom is 0.171 e. The molecule has 0 unspecified atom stereocenters. The molecule has 0 amide bonds. The van der Waals surface area contributed by atoms with Crippen LogP contribution in [0.15, 0.2) is 48.5 Å². The van der Waals surface area contributed by atoms with Crippen molar-refractivity contribution in [2.75, 3.05) is 43.4 Å². The zero-order valence-electron chi connectivity index (χ0n) is 15.7. The van der Waals surface area contributed by atoms with Crippen LogP contribution in [0.1, 0.15) is 18.1 Å². The van der Waals surface area contributed by atoms with E-state index in [0.717, 1.165) is 44.8 Å². The molecule has 2 N–H and O–H groups in total. The smallest absolute Gasteiger partial charge is 0.171 e. The number of nitrogens with one attached hydrogen (secondary N) is 2. The zero-order chi connectivity index (χ0) is 18.4. The van der Waals surface area contributed by atoms with Crippen LogP contribution in [0.25, 0.3) is 0 Å². The molecule has 4 nitrogen and oxygen atoms in total. The van der Waals surface area contributed by atoms with Gasteiger partial charge < -0.3 is 20.4 Å². The molecule has 1 fully saturated rings. The molecular formula is C21H28N4S. The molecule has 2 aromatic rings. The van der Waals surface area contributed by atoms with Crippen molar-refractivity contribution in [1.29, 1.82) is 0 Å². The Morgan fingerprint density at radius 2 is 1.54 bits per heavy atom. The third-order valence-electron chi connectivity index (χ3n) is 4.88. The van der Waals surface area contributed by atoms with Gasteiger partial charge in [0, 0.05) is 44.1 Å². The minimum absolute atomic E-state index is 0.650. The van der Waals surface area contributed by atoms with Crippen LogP contribution < -0.4 is 15.5 Å². The monoisotopic (exact) mass is 368 g/mol. The number of likely N-dealkylation sites (N-methyl/N-ethyl adjacent to an activating group) is 1. The van der Waals surface area contributed by atoms with E-state index in [2.05, 4.69) is 82.9 Å². The van der Waals surface area contributed by atoms with E-state index in [1.165, 1.54) is 16.8 Å². The van der Waals surface area contributed by atoms with Gasteiger partial charge in [-0.15, -0.1) is 0 Å². The lowest BCUT2D eigenvalue weighted by Gasteiger charge is -2.34. The predicted molar refractivity (Wildman–Crippen MR) is 115 cm³/mol. The van der Waals surface area contributed by atoms with Crippen molar-refractivity contribution < 1.29 is 0 Å². The summed E-state index contributed by atoms with van der Waals surface area (Å²) in [4.78, 5) is 4.82. The lowest BCUT2D eigenvalue weighted by atomic mass is 10.1. The summed E-state index contributed by atoms with van der Waals surface area (Å²) in [6, 6.07) is 17.2. The van der Waals surface area contributed by atoms with E-state index in [1.54, 1.807) is 0 Å². The highest BCUT2D eigenvalue weighted by molar-refractivity contribution is 7.80. The molecule has 26 heavy (non-hydrogen) atoms. The van der Waals surface area contributed by atoms with Crippen molar-refractivity contribution in [2.45, 2.75) is 19.9 Å². The molecule has 2 aromatic carbocycles. The van der Waals surface area contributed by atoms with Crippen LogP contribution >= 0.6 is 12.2 Å². The molecule has 1 heterocycles. The maximum atomic E-state index is 5.40. The molecule has 0 radical (unpaired) electrons. The van der Waals surface area contributed by atoms with Crippen molar-refractivity contribution in [1.82, 2.24) is 10.2 Å². The predicted octanol–water partition coefficient (Wildman–Crippen LogP) is 3.49. The first-order valence-corrected chi connectivity index (χ1v) is 9.71. The Morgan fingerprint density at radius 1 is 0.923 bits per heavy atom. The van der Waals surface area contributed by atoms with E-state index in [0.29, 0.717) is 5.11 Å². The molecule has 0 spiro atoms. The number of thiocarbonyl (C=S) groups is 1. The van der Waals surface area contributed by atoms with Crippen molar-refractivity contribution in [3.63, 3.8) is 0 Å². The summed E-state index contributed by atoms with van der Waals surface area (Å²) in [5, 5.41) is 7.17. The van der Waals surface area contributed by atoms with E-state index < -0.39 is 0 Å². The molecule has 5 heteroatoms. The summed E-state index contributed by atoms with van der Waals surface area (Å²) in [5.74, 6) is 0. The molecule has 1 saturated heterocycles. The number of piperazine rings is 1. The third kappa shape index (κ3) is 5.19. The molecular weight excluding hydrogens is 340 g/mol. The first kappa shape index (κ1) is 18.7. The quantitative estimate of drug-likeness (QED) is 0.789. The van der Waals surface area contributed by atoms with Gasteiger partial charge in [0.25, 0.3) is 0 Å². The summed E-state index contributed by atoms with van der Waals surface area (Å²) in [6.07, 6.45) is 1.05. The zero-order valence-corrected chi connectivity index (χ0v) is 16.5. The average Bonchev–Trinajstić information content (AvgIpc) is 2.68. The number of aryl methyl sites for hydroxylation is 1. The highest BCUT2D eigenvalue weighted by atomic mass is 32.1. The molecule has 0 saturated carbocycles. The van der Waals surface area contributed by atoms with Gasteiger partial charge in [0.15, 0.2) is 5.11 Å². The van der Waals surface area contributed by atoms with E-state index in [-0.39, 0.29) is 0 Å². The summed E-state index contributed by atoms with van der Waals surface area (Å²) in [6.45, 7) is 7.33. The fourth-order valence-electron chi connectivity index (χ4n) is 3.07. The lowest BCUT2D eigenvalue weighted by Crippen LogP contribution is -2.44. The Bertz CT molecular complexity index is 704.